The molecule has 28 heavy (non-hydrogen) atoms. The highest BCUT2D eigenvalue weighted by atomic mass is 127. The van der Waals surface area contributed by atoms with E-state index in [1.165, 1.54) is 18.7 Å². The minimum atomic E-state index is -0.362. The molecule has 0 fully saturated rings. The number of hydrogen-bond acceptors (Lipinski definition) is 3. The Balaban J connectivity index is 0.00000392. The Morgan fingerprint density at radius 2 is 1.86 bits per heavy atom. The second-order valence-electron chi connectivity index (χ2n) is 6.33. The lowest BCUT2D eigenvalue weighted by Gasteiger charge is -2.22. The first kappa shape index (κ1) is 24.0. The summed E-state index contributed by atoms with van der Waals surface area (Å²) in [6.07, 6.45) is 1.81. The number of phenolic OH excluding ortho intramolecular Hbond substituents is 1. The topological polar surface area (TPSA) is 57.1 Å². The van der Waals surface area contributed by atoms with Gasteiger partial charge in [-0.25, -0.2) is 4.39 Å². The summed E-state index contributed by atoms with van der Waals surface area (Å²) in [5.74, 6) is 0.956. The number of aliphatic imine (C=N–C) groups is 1. The Hall–Kier alpha value is -2.03. The molecular weight excluding hydrogens is 472 g/mol. The standard InChI is InChI=1S/C21H28FN3O2.HI/c1-4-23-21(24-13-5-6-16-7-10-18(26)11-8-16)25(2)15-17-9-12-20(27-3)19(22)14-17;/h7-12,14,26H,4-6,13,15H2,1-3H3,(H,23,24);1H. The van der Waals surface area contributed by atoms with Gasteiger partial charge in [-0.1, -0.05) is 18.2 Å². The number of ether oxygens (including phenoxy) is 1. The monoisotopic (exact) mass is 501 g/mol. The van der Waals surface area contributed by atoms with E-state index < -0.39 is 0 Å². The van der Waals surface area contributed by atoms with Crippen LogP contribution in [0.2, 0.25) is 0 Å². The Morgan fingerprint density at radius 3 is 2.46 bits per heavy atom. The van der Waals surface area contributed by atoms with Gasteiger partial charge in [0.1, 0.15) is 5.75 Å². The fourth-order valence-electron chi connectivity index (χ4n) is 2.76. The van der Waals surface area contributed by atoms with Crippen LogP contribution in [0.25, 0.3) is 0 Å². The Morgan fingerprint density at radius 1 is 1.18 bits per heavy atom. The van der Waals surface area contributed by atoms with Crippen molar-refractivity contribution in [3.8, 4) is 11.5 Å². The van der Waals surface area contributed by atoms with E-state index in [4.69, 9.17) is 4.74 Å². The van der Waals surface area contributed by atoms with Gasteiger partial charge < -0.3 is 20.1 Å². The van der Waals surface area contributed by atoms with Crippen LogP contribution >= 0.6 is 24.0 Å². The SMILES string of the molecule is CCNC(=NCCCc1ccc(O)cc1)N(C)Cc1ccc(OC)c(F)c1.I. The molecule has 0 atom stereocenters. The molecule has 7 heteroatoms. The molecule has 5 nitrogen and oxygen atoms in total. The highest BCUT2D eigenvalue weighted by molar-refractivity contribution is 14.0. The van der Waals surface area contributed by atoms with Crippen molar-refractivity contribution in [2.75, 3.05) is 27.2 Å². The lowest BCUT2D eigenvalue weighted by Crippen LogP contribution is -2.38. The van der Waals surface area contributed by atoms with E-state index in [0.717, 1.165) is 30.9 Å². The van der Waals surface area contributed by atoms with Gasteiger partial charge in [-0.05, 0) is 55.2 Å². The van der Waals surface area contributed by atoms with Crippen LogP contribution in [0.15, 0.2) is 47.5 Å². The van der Waals surface area contributed by atoms with Gasteiger partial charge in [0.15, 0.2) is 17.5 Å². The third-order valence-corrected chi connectivity index (χ3v) is 4.15. The number of guanidine groups is 1. The molecule has 0 aliphatic rings. The number of methoxy groups -OCH3 is 1. The maximum atomic E-state index is 13.9. The number of aromatic hydroxyl groups is 1. The van der Waals surface area contributed by atoms with Crippen molar-refractivity contribution in [1.82, 2.24) is 10.2 Å². The van der Waals surface area contributed by atoms with Crippen LogP contribution in [0.1, 0.15) is 24.5 Å². The molecule has 154 valence electrons. The molecule has 0 amide bonds. The predicted octanol–water partition coefficient (Wildman–Crippen LogP) is 4.19. The van der Waals surface area contributed by atoms with Crippen LogP contribution in [0.4, 0.5) is 4.39 Å². The van der Waals surface area contributed by atoms with E-state index in [9.17, 15) is 9.50 Å². The van der Waals surface area contributed by atoms with Crippen LogP contribution in [-0.4, -0.2) is 43.2 Å². The zero-order valence-corrected chi connectivity index (χ0v) is 18.9. The number of aryl methyl sites for hydroxylation is 1. The van der Waals surface area contributed by atoms with Crippen molar-refractivity contribution in [2.45, 2.75) is 26.3 Å². The molecule has 0 aromatic heterocycles. The third kappa shape index (κ3) is 7.53. The molecular formula is C21H29FIN3O2. The third-order valence-electron chi connectivity index (χ3n) is 4.15. The van der Waals surface area contributed by atoms with Crippen LogP contribution in [0.3, 0.4) is 0 Å². The highest BCUT2D eigenvalue weighted by Crippen LogP contribution is 2.18. The van der Waals surface area contributed by atoms with Crippen molar-refractivity contribution in [2.24, 2.45) is 4.99 Å². The fraction of sp³-hybridized carbons (Fsp3) is 0.381. The average Bonchev–Trinajstić information content (AvgIpc) is 2.66. The predicted molar refractivity (Wildman–Crippen MR) is 122 cm³/mol. The molecule has 2 rings (SSSR count). The number of phenols is 1. The molecule has 0 saturated heterocycles. The zero-order valence-electron chi connectivity index (χ0n) is 16.6. The fourth-order valence-corrected chi connectivity index (χ4v) is 2.76. The number of rotatable bonds is 8. The summed E-state index contributed by atoms with van der Waals surface area (Å²) >= 11 is 0. The van der Waals surface area contributed by atoms with Gasteiger partial charge in [0.2, 0.25) is 0 Å². The molecule has 0 saturated carbocycles. The van der Waals surface area contributed by atoms with Crippen molar-refractivity contribution >= 4 is 29.9 Å². The van der Waals surface area contributed by atoms with Gasteiger partial charge in [-0.3, -0.25) is 4.99 Å². The first-order chi connectivity index (χ1) is 13.0. The Labute approximate surface area is 183 Å². The van der Waals surface area contributed by atoms with Gasteiger partial charge >= 0.3 is 0 Å². The first-order valence-electron chi connectivity index (χ1n) is 9.13. The largest absolute Gasteiger partial charge is 0.508 e. The van der Waals surface area contributed by atoms with Gasteiger partial charge in [0.25, 0.3) is 0 Å². The Bertz CT molecular complexity index is 754. The van der Waals surface area contributed by atoms with Crippen LogP contribution in [0, 0.1) is 5.82 Å². The van der Waals surface area contributed by atoms with Crippen molar-refractivity contribution in [3.05, 3.63) is 59.4 Å². The summed E-state index contributed by atoms with van der Waals surface area (Å²) in [4.78, 5) is 6.64. The van der Waals surface area contributed by atoms with Gasteiger partial charge in [0.05, 0.1) is 7.11 Å². The van der Waals surface area contributed by atoms with Crippen molar-refractivity contribution < 1.29 is 14.2 Å². The van der Waals surface area contributed by atoms with E-state index in [2.05, 4.69) is 10.3 Å². The summed E-state index contributed by atoms with van der Waals surface area (Å²) in [5, 5.41) is 12.6. The average molecular weight is 501 g/mol. The van der Waals surface area contributed by atoms with E-state index in [-0.39, 0.29) is 41.3 Å². The lowest BCUT2D eigenvalue weighted by atomic mass is 10.1. The summed E-state index contributed by atoms with van der Waals surface area (Å²) < 4.78 is 18.8. The van der Waals surface area contributed by atoms with E-state index in [0.29, 0.717) is 13.1 Å². The normalized spacial score (nSPS) is 10.9. The molecule has 2 aromatic rings. The second kappa shape index (κ2) is 12.4. The van der Waals surface area contributed by atoms with Crippen LogP contribution in [0.5, 0.6) is 11.5 Å². The highest BCUT2D eigenvalue weighted by Gasteiger charge is 2.09. The molecule has 0 radical (unpaired) electrons. The number of nitrogens with zero attached hydrogens (tertiary/aromatic N) is 2. The molecule has 0 heterocycles. The maximum absolute atomic E-state index is 13.9. The smallest absolute Gasteiger partial charge is 0.193 e. The van der Waals surface area contributed by atoms with Crippen molar-refractivity contribution in [1.29, 1.82) is 0 Å². The van der Waals surface area contributed by atoms with E-state index >= 15 is 0 Å². The van der Waals surface area contributed by atoms with Gasteiger partial charge in [-0.2, -0.15) is 0 Å². The van der Waals surface area contributed by atoms with E-state index in [1.54, 1.807) is 18.2 Å². The molecule has 0 spiro atoms. The minimum absolute atomic E-state index is 0. The number of benzene rings is 2. The molecule has 0 bridgehead atoms. The summed E-state index contributed by atoms with van der Waals surface area (Å²) in [6, 6.07) is 12.2. The Kier molecular flexibility index (Phi) is 10.7. The molecule has 0 unspecified atom stereocenters. The number of nitrogens with one attached hydrogen (secondary N) is 1. The summed E-state index contributed by atoms with van der Waals surface area (Å²) in [6.45, 7) is 4.01. The van der Waals surface area contributed by atoms with Crippen molar-refractivity contribution in [3.63, 3.8) is 0 Å². The lowest BCUT2D eigenvalue weighted by molar-refractivity contribution is 0.385. The molecule has 0 aliphatic heterocycles. The summed E-state index contributed by atoms with van der Waals surface area (Å²) in [7, 11) is 3.39. The second-order valence-corrected chi connectivity index (χ2v) is 6.33. The van der Waals surface area contributed by atoms with Gasteiger partial charge in [-0.15, -0.1) is 24.0 Å². The van der Waals surface area contributed by atoms with Gasteiger partial charge in [0, 0.05) is 26.7 Å². The molecule has 2 aromatic carbocycles. The number of halogens is 2. The minimum Gasteiger partial charge on any atom is -0.508 e. The first-order valence-corrected chi connectivity index (χ1v) is 9.13. The molecule has 0 aliphatic carbocycles. The summed E-state index contributed by atoms with van der Waals surface area (Å²) in [5.41, 5.74) is 2.03. The number of hydrogen-bond donors (Lipinski definition) is 2. The quantitative estimate of drug-likeness (QED) is 0.247. The molecule has 2 N–H and O–H groups in total. The van der Waals surface area contributed by atoms with E-state index in [1.807, 2.05) is 37.1 Å². The maximum Gasteiger partial charge on any atom is 0.193 e. The van der Waals surface area contributed by atoms with Crippen LogP contribution in [-0.2, 0) is 13.0 Å². The zero-order chi connectivity index (χ0) is 19.6. The van der Waals surface area contributed by atoms with Crippen LogP contribution < -0.4 is 10.1 Å².